The largest absolute Gasteiger partial charge is 0.353 e. The summed E-state index contributed by atoms with van der Waals surface area (Å²) in [6.07, 6.45) is 3.68. The van der Waals surface area contributed by atoms with Crippen LogP contribution in [0.25, 0.3) is 21.8 Å². The Morgan fingerprint density at radius 3 is 2.47 bits per heavy atom. The molecule has 0 radical (unpaired) electrons. The highest BCUT2D eigenvalue weighted by Gasteiger charge is 2.00. The number of halogens is 2. The van der Waals surface area contributed by atoms with Crippen molar-refractivity contribution in [1.82, 2.24) is 9.97 Å². The lowest BCUT2D eigenvalue weighted by atomic mass is 10.2. The van der Waals surface area contributed by atoms with Crippen LogP contribution < -0.4 is 0 Å². The third kappa shape index (κ3) is 1.78. The summed E-state index contributed by atoms with van der Waals surface area (Å²) in [4.78, 5) is 7.39. The molecule has 78 valence electrons. The second-order valence-electron chi connectivity index (χ2n) is 3.09. The van der Waals surface area contributed by atoms with Gasteiger partial charge in [0.2, 0.25) is 0 Å². The molecule has 0 aliphatic heterocycles. The zero-order chi connectivity index (χ0) is 8.67. The van der Waals surface area contributed by atoms with E-state index >= 15 is 0 Å². The zero-order valence-corrected chi connectivity index (χ0v) is 9.44. The fourth-order valence-electron chi connectivity index (χ4n) is 1.70. The van der Waals surface area contributed by atoms with Gasteiger partial charge in [-0.25, -0.2) is 0 Å². The minimum atomic E-state index is 0. The van der Waals surface area contributed by atoms with E-state index in [1.807, 2.05) is 24.5 Å². The van der Waals surface area contributed by atoms with Crippen molar-refractivity contribution in [3.05, 3.63) is 42.7 Å². The van der Waals surface area contributed by atoms with Crippen LogP contribution in [0.15, 0.2) is 42.7 Å². The minimum absolute atomic E-state index is 0. The first kappa shape index (κ1) is 11.8. The van der Waals surface area contributed by atoms with Crippen LogP contribution in [0.1, 0.15) is 0 Å². The van der Waals surface area contributed by atoms with Gasteiger partial charge < -0.3 is 4.98 Å². The van der Waals surface area contributed by atoms with Crippen molar-refractivity contribution in [2.24, 2.45) is 0 Å². The van der Waals surface area contributed by atoms with Crippen LogP contribution in [0.4, 0.5) is 0 Å². The SMILES string of the molecule is Cl.Cl.c1ccc2c(c1)[nH]c1cnccc12. The molecular formula is C11H10Cl2N2. The third-order valence-electron chi connectivity index (χ3n) is 2.31. The van der Waals surface area contributed by atoms with Crippen molar-refractivity contribution in [3.8, 4) is 0 Å². The Bertz CT molecular complexity index is 524. The lowest BCUT2D eigenvalue weighted by Crippen LogP contribution is -1.68. The summed E-state index contributed by atoms with van der Waals surface area (Å²) in [6, 6.07) is 10.3. The van der Waals surface area contributed by atoms with Crippen LogP contribution >= 0.6 is 24.8 Å². The van der Waals surface area contributed by atoms with Crippen molar-refractivity contribution >= 4 is 46.6 Å². The van der Waals surface area contributed by atoms with E-state index in [9.17, 15) is 0 Å². The van der Waals surface area contributed by atoms with Gasteiger partial charge in [0, 0.05) is 22.5 Å². The first-order chi connectivity index (χ1) is 6.45. The van der Waals surface area contributed by atoms with Crippen molar-refractivity contribution in [3.63, 3.8) is 0 Å². The van der Waals surface area contributed by atoms with Crippen LogP contribution in [0, 0.1) is 0 Å². The summed E-state index contributed by atoms with van der Waals surface area (Å²) in [7, 11) is 0. The Hall–Kier alpha value is -1.25. The van der Waals surface area contributed by atoms with Crippen LogP contribution in [-0.2, 0) is 0 Å². The van der Waals surface area contributed by atoms with Gasteiger partial charge in [-0.15, -0.1) is 24.8 Å². The third-order valence-corrected chi connectivity index (χ3v) is 2.31. The van der Waals surface area contributed by atoms with Gasteiger partial charge in [0.1, 0.15) is 0 Å². The molecule has 0 aliphatic carbocycles. The molecule has 1 aromatic carbocycles. The first-order valence-electron chi connectivity index (χ1n) is 4.25. The smallest absolute Gasteiger partial charge is 0.0651 e. The number of hydrogen-bond donors (Lipinski definition) is 1. The lowest BCUT2D eigenvalue weighted by Gasteiger charge is -1.87. The molecule has 1 N–H and O–H groups in total. The van der Waals surface area contributed by atoms with E-state index in [2.05, 4.69) is 28.2 Å². The Kier molecular flexibility index (Phi) is 3.56. The molecule has 0 spiro atoms. The second-order valence-corrected chi connectivity index (χ2v) is 3.09. The van der Waals surface area contributed by atoms with Gasteiger partial charge in [0.15, 0.2) is 0 Å². The number of para-hydroxylation sites is 1. The summed E-state index contributed by atoms with van der Waals surface area (Å²) in [5, 5.41) is 2.51. The Balaban J connectivity index is 0.000000562. The Morgan fingerprint density at radius 1 is 0.867 bits per heavy atom. The fraction of sp³-hybridized carbons (Fsp3) is 0. The van der Waals surface area contributed by atoms with Crippen LogP contribution in [0.5, 0.6) is 0 Å². The highest BCUT2D eigenvalue weighted by Crippen LogP contribution is 2.23. The predicted octanol–water partition coefficient (Wildman–Crippen LogP) is 3.56. The number of aromatic amines is 1. The first-order valence-corrected chi connectivity index (χ1v) is 4.25. The average Bonchev–Trinajstić information content (AvgIpc) is 2.56. The summed E-state index contributed by atoms with van der Waals surface area (Å²) >= 11 is 0. The standard InChI is InChI=1S/C11H8N2.2ClH/c1-2-4-10-8(3-1)9-5-6-12-7-11(9)13-10;;/h1-7,13H;2*1H. The topological polar surface area (TPSA) is 28.7 Å². The predicted molar refractivity (Wildman–Crippen MR) is 68.1 cm³/mol. The number of aromatic nitrogens is 2. The van der Waals surface area contributed by atoms with E-state index in [1.165, 1.54) is 16.3 Å². The number of pyridine rings is 1. The van der Waals surface area contributed by atoms with Crippen LogP contribution in [0.2, 0.25) is 0 Å². The molecule has 0 saturated heterocycles. The molecule has 0 fully saturated rings. The highest BCUT2D eigenvalue weighted by atomic mass is 35.5. The Labute approximate surface area is 99.5 Å². The van der Waals surface area contributed by atoms with Gasteiger partial charge in [-0.2, -0.15) is 0 Å². The number of fused-ring (bicyclic) bond motifs is 3. The molecule has 4 heteroatoms. The maximum Gasteiger partial charge on any atom is 0.0651 e. The number of nitrogens with zero attached hydrogens (tertiary/aromatic N) is 1. The van der Waals surface area contributed by atoms with Crippen LogP contribution in [-0.4, -0.2) is 9.97 Å². The monoisotopic (exact) mass is 240 g/mol. The fourth-order valence-corrected chi connectivity index (χ4v) is 1.70. The van der Waals surface area contributed by atoms with E-state index in [-0.39, 0.29) is 24.8 Å². The number of H-pyrrole nitrogens is 1. The highest BCUT2D eigenvalue weighted by molar-refractivity contribution is 6.06. The van der Waals surface area contributed by atoms with Crippen LogP contribution in [0.3, 0.4) is 0 Å². The molecule has 3 rings (SSSR count). The molecule has 0 bridgehead atoms. The molecule has 2 heterocycles. The molecule has 15 heavy (non-hydrogen) atoms. The summed E-state index contributed by atoms with van der Waals surface area (Å²) in [5.74, 6) is 0. The van der Waals surface area contributed by atoms with E-state index in [0.29, 0.717) is 0 Å². The van der Waals surface area contributed by atoms with Crippen molar-refractivity contribution < 1.29 is 0 Å². The molecule has 0 saturated carbocycles. The molecule has 2 aromatic heterocycles. The van der Waals surface area contributed by atoms with E-state index < -0.39 is 0 Å². The summed E-state index contributed by atoms with van der Waals surface area (Å²) in [5.41, 5.74) is 2.27. The molecule has 0 amide bonds. The zero-order valence-electron chi connectivity index (χ0n) is 7.81. The second kappa shape index (κ2) is 4.51. The molecular weight excluding hydrogens is 231 g/mol. The van der Waals surface area contributed by atoms with Crippen molar-refractivity contribution in [1.29, 1.82) is 0 Å². The summed E-state index contributed by atoms with van der Waals surface area (Å²) in [6.45, 7) is 0. The lowest BCUT2D eigenvalue weighted by molar-refractivity contribution is 1.35. The molecule has 2 nitrogen and oxygen atoms in total. The molecule has 0 atom stereocenters. The molecule has 0 aliphatic rings. The van der Waals surface area contributed by atoms with E-state index in [0.717, 1.165) is 5.52 Å². The van der Waals surface area contributed by atoms with Gasteiger partial charge in [-0.1, -0.05) is 18.2 Å². The average molecular weight is 241 g/mol. The van der Waals surface area contributed by atoms with Gasteiger partial charge in [-0.05, 0) is 12.1 Å². The van der Waals surface area contributed by atoms with E-state index in [1.54, 1.807) is 0 Å². The van der Waals surface area contributed by atoms with Gasteiger partial charge in [0.05, 0.1) is 11.7 Å². The maximum atomic E-state index is 4.08. The molecule has 0 unspecified atom stereocenters. The number of rotatable bonds is 0. The van der Waals surface area contributed by atoms with Gasteiger partial charge in [0.25, 0.3) is 0 Å². The van der Waals surface area contributed by atoms with Crippen molar-refractivity contribution in [2.75, 3.05) is 0 Å². The molecule has 3 aromatic rings. The van der Waals surface area contributed by atoms with Gasteiger partial charge >= 0.3 is 0 Å². The van der Waals surface area contributed by atoms with E-state index in [4.69, 9.17) is 0 Å². The van der Waals surface area contributed by atoms with Crippen molar-refractivity contribution in [2.45, 2.75) is 0 Å². The number of benzene rings is 1. The quantitative estimate of drug-likeness (QED) is 0.640. The van der Waals surface area contributed by atoms with Gasteiger partial charge in [-0.3, -0.25) is 4.98 Å². The number of nitrogens with one attached hydrogen (secondary N) is 1. The Morgan fingerprint density at radius 2 is 1.60 bits per heavy atom. The minimum Gasteiger partial charge on any atom is -0.353 e. The normalized spacial score (nSPS) is 9.60. The number of hydrogen-bond acceptors (Lipinski definition) is 1. The maximum absolute atomic E-state index is 4.08. The summed E-state index contributed by atoms with van der Waals surface area (Å²) < 4.78 is 0.